The summed E-state index contributed by atoms with van der Waals surface area (Å²) in [5.74, 6) is 2.89. The molecule has 2 N–H and O–H groups in total. The van der Waals surface area contributed by atoms with Crippen LogP contribution in [0.4, 0.5) is 11.6 Å². The lowest BCUT2D eigenvalue weighted by Gasteiger charge is -2.28. The number of fused-ring (bicyclic) bond motifs is 1. The van der Waals surface area contributed by atoms with Crippen LogP contribution in [-0.4, -0.2) is 48.4 Å². The third kappa shape index (κ3) is 3.55. The second-order valence-corrected chi connectivity index (χ2v) is 8.05. The summed E-state index contributed by atoms with van der Waals surface area (Å²) in [5, 5.41) is 0. The summed E-state index contributed by atoms with van der Waals surface area (Å²) < 4.78 is 12.0. The normalized spacial score (nSPS) is 14.2. The number of benzene rings is 1. The van der Waals surface area contributed by atoms with E-state index in [2.05, 4.69) is 22.0 Å². The highest BCUT2D eigenvalue weighted by Gasteiger charge is 2.20. The van der Waals surface area contributed by atoms with E-state index in [-0.39, 0.29) is 0 Å². The minimum atomic E-state index is 0.476. The van der Waals surface area contributed by atoms with Crippen LogP contribution in [0.3, 0.4) is 0 Å². The predicted octanol–water partition coefficient (Wildman–Crippen LogP) is 3.85. The number of methoxy groups -OCH3 is 1. The molecule has 1 fully saturated rings. The van der Waals surface area contributed by atoms with Gasteiger partial charge >= 0.3 is 0 Å². The molecular formula is C22H21N5O2S. The monoisotopic (exact) mass is 419 g/mol. The average molecular weight is 420 g/mol. The highest BCUT2D eigenvalue weighted by Crippen LogP contribution is 2.39. The van der Waals surface area contributed by atoms with Gasteiger partial charge in [-0.2, -0.15) is 0 Å². The maximum Gasteiger partial charge on any atom is 0.163 e. The number of anilines is 2. The van der Waals surface area contributed by atoms with E-state index in [0.717, 1.165) is 50.9 Å². The molecule has 152 valence electrons. The second kappa shape index (κ2) is 7.89. The Morgan fingerprint density at radius 2 is 1.93 bits per heavy atom. The summed E-state index contributed by atoms with van der Waals surface area (Å²) >= 11 is 1.70. The van der Waals surface area contributed by atoms with Crippen LogP contribution in [0.2, 0.25) is 0 Å². The number of nitrogen functional groups attached to an aromatic ring is 1. The molecule has 1 saturated heterocycles. The van der Waals surface area contributed by atoms with Crippen LogP contribution in [0, 0.1) is 0 Å². The Morgan fingerprint density at radius 1 is 1.07 bits per heavy atom. The van der Waals surface area contributed by atoms with E-state index in [0.29, 0.717) is 24.9 Å². The number of pyridine rings is 1. The van der Waals surface area contributed by atoms with E-state index in [4.69, 9.17) is 25.2 Å². The molecule has 1 aromatic carbocycles. The van der Waals surface area contributed by atoms with Crippen LogP contribution < -0.4 is 15.4 Å². The summed E-state index contributed by atoms with van der Waals surface area (Å²) in [6.45, 7) is 2.99. The van der Waals surface area contributed by atoms with Gasteiger partial charge in [0.15, 0.2) is 11.6 Å². The standard InChI is InChI=1S/C22H21N5O2S/c1-28-16-4-2-3-14(11-16)18-12-17-20(30-18)22(27-7-9-29-10-8-27)26-21(25-17)15-5-6-19(23)24-13-15/h2-6,11-13H,7-10H2,1H3,(H2,23,24). The minimum Gasteiger partial charge on any atom is -0.497 e. The molecule has 0 radical (unpaired) electrons. The fourth-order valence-corrected chi connectivity index (χ4v) is 4.60. The number of aromatic nitrogens is 3. The first-order valence-electron chi connectivity index (χ1n) is 9.72. The number of nitrogens with zero attached hydrogens (tertiary/aromatic N) is 4. The molecule has 1 aliphatic heterocycles. The zero-order valence-corrected chi connectivity index (χ0v) is 17.4. The molecule has 0 unspecified atom stereocenters. The van der Waals surface area contributed by atoms with Gasteiger partial charge in [-0.15, -0.1) is 11.3 Å². The number of morpholine rings is 1. The summed E-state index contributed by atoms with van der Waals surface area (Å²) in [6.07, 6.45) is 1.72. The molecular weight excluding hydrogens is 398 g/mol. The number of hydrogen-bond donors (Lipinski definition) is 1. The van der Waals surface area contributed by atoms with Gasteiger partial charge in [0.2, 0.25) is 0 Å². The Labute approximate surface area is 178 Å². The second-order valence-electron chi connectivity index (χ2n) is 7.00. The van der Waals surface area contributed by atoms with Crippen molar-refractivity contribution in [2.75, 3.05) is 44.0 Å². The molecule has 0 aliphatic carbocycles. The molecule has 0 atom stereocenters. The molecule has 0 saturated carbocycles. The van der Waals surface area contributed by atoms with E-state index in [9.17, 15) is 0 Å². The third-order valence-corrected chi connectivity index (χ3v) is 6.23. The number of ether oxygens (including phenoxy) is 2. The lowest BCUT2D eigenvalue weighted by Crippen LogP contribution is -2.36. The van der Waals surface area contributed by atoms with Crippen molar-refractivity contribution in [3.05, 3.63) is 48.7 Å². The van der Waals surface area contributed by atoms with Gasteiger partial charge in [0.25, 0.3) is 0 Å². The maximum absolute atomic E-state index is 5.75. The van der Waals surface area contributed by atoms with Crippen LogP contribution in [0.15, 0.2) is 48.7 Å². The number of thiophene rings is 1. The quantitative estimate of drug-likeness (QED) is 0.538. The topological polar surface area (TPSA) is 86.4 Å². The minimum absolute atomic E-state index is 0.476. The van der Waals surface area contributed by atoms with Crippen molar-refractivity contribution >= 4 is 33.2 Å². The number of nitrogens with two attached hydrogens (primary N) is 1. The van der Waals surface area contributed by atoms with Crippen molar-refractivity contribution in [1.29, 1.82) is 0 Å². The van der Waals surface area contributed by atoms with Crippen LogP contribution in [0.1, 0.15) is 0 Å². The zero-order chi connectivity index (χ0) is 20.5. The summed E-state index contributed by atoms with van der Waals surface area (Å²) in [7, 11) is 1.68. The van der Waals surface area contributed by atoms with Gasteiger partial charge in [-0.05, 0) is 35.9 Å². The first-order valence-corrected chi connectivity index (χ1v) is 10.5. The van der Waals surface area contributed by atoms with Gasteiger partial charge in [0.1, 0.15) is 11.6 Å². The fourth-order valence-electron chi connectivity index (χ4n) is 3.49. The Kier molecular flexibility index (Phi) is 4.94. The largest absolute Gasteiger partial charge is 0.497 e. The van der Waals surface area contributed by atoms with Crippen molar-refractivity contribution in [3.63, 3.8) is 0 Å². The van der Waals surface area contributed by atoms with Crippen molar-refractivity contribution in [2.45, 2.75) is 0 Å². The molecule has 30 heavy (non-hydrogen) atoms. The van der Waals surface area contributed by atoms with Crippen molar-refractivity contribution in [3.8, 4) is 27.6 Å². The molecule has 0 spiro atoms. The van der Waals surface area contributed by atoms with Crippen molar-refractivity contribution in [1.82, 2.24) is 15.0 Å². The van der Waals surface area contributed by atoms with Crippen LogP contribution in [0.25, 0.3) is 32.0 Å². The molecule has 0 bridgehead atoms. The van der Waals surface area contributed by atoms with Gasteiger partial charge < -0.3 is 20.1 Å². The van der Waals surface area contributed by atoms with Gasteiger partial charge in [-0.3, -0.25) is 0 Å². The van der Waals surface area contributed by atoms with E-state index < -0.39 is 0 Å². The highest BCUT2D eigenvalue weighted by atomic mass is 32.1. The predicted molar refractivity (Wildman–Crippen MR) is 120 cm³/mol. The molecule has 4 aromatic rings. The highest BCUT2D eigenvalue weighted by molar-refractivity contribution is 7.22. The van der Waals surface area contributed by atoms with Gasteiger partial charge in [-0.1, -0.05) is 12.1 Å². The molecule has 3 aromatic heterocycles. The molecule has 5 rings (SSSR count). The maximum atomic E-state index is 5.75. The zero-order valence-electron chi connectivity index (χ0n) is 16.5. The Hall–Kier alpha value is -3.23. The summed E-state index contributed by atoms with van der Waals surface area (Å²) in [5.41, 5.74) is 8.61. The lowest BCUT2D eigenvalue weighted by atomic mass is 10.2. The van der Waals surface area contributed by atoms with Gasteiger partial charge in [0.05, 0.1) is 30.5 Å². The Morgan fingerprint density at radius 3 is 2.70 bits per heavy atom. The Balaban J connectivity index is 1.67. The van der Waals surface area contributed by atoms with E-state index in [1.165, 1.54) is 0 Å². The molecule has 0 amide bonds. The first-order chi connectivity index (χ1) is 14.7. The average Bonchev–Trinajstić information content (AvgIpc) is 3.24. The van der Waals surface area contributed by atoms with Crippen LogP contribution in [0.5, 0.6) is 5.75 Å². The van der Waals surface area contributed by atoms with Crippen LogP contribution in [-0.2, 0) is 4.74 Å². The molecule has 7 nitrogen and oxygen atoms in total. The first kappa shape index (κ1) is 18.8. The molecule has 1 aliphatic rings. The summed E-state index contributed by atoms with van der Waals surface area (Å²) in [4.78, 5) is 17.4. The van der Waals surface area contributed by atoms with Gasteiger partial charge in [-0.25, -0.2) is 15.0 Å². The molecule has 8 heteroatoms. The SMILES string of the molecule is COc1cccc(-c2cc3nc(-c4ccc(N)nc4)nc(N4CCOCC4)c3s2)c1. The van der Waals surface area contributed by atoms with E-state index in [1.54, 1.807) is 30.7 Å². The van der Waals surface area contributed by atoms with Gasteiger partial charge in [0, 0.05) is 29.7 Å². The van der Waals surface area contributed by atoms with E-state index >= 15 is 0 Å². The van der Waals surface area contributed by atoms with Crippen LogP contribution >= 0.6 is 11.3 Å². The molecule has 4 heterocycles. The van der Waals surface area contributed by atoms with Crippen molar-refractivity contribution in [2.24, 2.45) is 0 Å². The summed E-state index contributed by atoms with van der Waals surface area (Å²) in [6, 6.07) is 13.9. The smallest absolute Gasteiger partial charge is 0.163 e. The van der Waals surface area contributed by atoms with E-state index in [1.807, 2.05) is 24.3 Å². The van der Waals surface area contributed by atoms with Crippen molar-refractivity contribution < 1.29 is 9.47 Å². The third-order valence-electron chi connectivity index (χ3n) is 5.06. The number of hydrogen-bond acceptors (Lipinski definition) is 8. The Bertz CT molecular complexity index is 1190. The number of rotatable bonds is 4. The lowest BCUT2D eigenvalue weighted by molar-refractivity contribution is 0.122. The fraction of sp³-hybridized carbons (Fsp3) is 0.227.